The van der Waals surface area contributed by atoms with Gasteiger partial charge in [0.25, 0.3) is 0 Å². The van der Waals surface area contributed by atoms with Crippen molar-refractivity contribution in [3.8, 4) is 0 Å². The molecule has 128 valence electrons. The Morgan fingerprint density at radius 2 is 2.22 bits per heavy atom. The molecule has 1 aliphatic carbocycles. The molecular weight excluding hydrogens is 316 g/mol. The highest BCUT2D eigenvalue weighted by molar-refractivity contribution is 7.09. The molecule has 0 saturated heterocycles. The van der Waals surface area contributed by atoms with Crippen LogP contribution in [0, 0.1) is 6.92 Å². The molecule has 7 nitrogen and oxygen atoms in total. The van der Waals surface area contributed by atoms with Gasteiger partial charge in [0.05, 0.1) is 17.2 Å². The molecule has 1 aromatic heterocycles. The molecule has 1 fully saturated rings. The van der Waals surface area contributed by atoms with Crippen molar-refractivity contribution in [3.63, 3.8) is 0 Å². The van der Waals surface area contributed by atoms with Gasteiger partial charge in [0.1, 0.15) is 0 Å². The first kappa shape index (κ1) is 17.7. The number of thiazole rings is 1. The van der Waals surface area contributed by atoms with Gasteiger partial charge < -0.3 is 15.7 Å². The first-order valence-corrected chi connectivity index (χ1v) is 8.77. The Bertz CT molecular complexity index is 543. The van der Waals surface area contributed by atoms with Crippen molar-refractivity contribution >= 4 is 23.3 Å². The van der Waals surface area contributed by atoms with Gasteiger partial charge in [0.2, 0.25) is 0 Å². The van der Waals surface area contributed by atoms with Gasteiger partial charge in [-0.25, -0.2) is 9.78 Å². The number of hydrogen-bond acceptors (Lipinski definition) is 5. The van der Waals surface area contributed by atoms with Crippen LogP contribution in [0.3, 0.4) is 0 Å². The van der Waals surface area contributed by atoms with Crippen LogP contribution in [-0.2, 0) is 11.2 Å². The highest BCUT2D eigenvalue weighted by Crippen LogP contribution is 2.25. The molecule has 0 bridgehead atoms. The molecule has 1 aliphatic rings. The van der Waals surface area contributed by atoms with E-state index in [-0.39, 0.29) is 24.7 Å². The van der Waals surface area contributed by atoms with E-state index < -0.39 is 5.97 Å². The number of nitrogens with zero attached hydrogens (tertiary/aromatic N) is 2. The fourth-order valence-corrected chi connectivity index (χ4v) is 3.39. The first-order valence-electron chi connectivity index (χ1n) is 7.89. The molecule has 0 aromatic carbocycles. The molecule has 8 heteroatoms. The lowest BCUT2D eigenvalue weighted by Gasteiger charge is -2.42. The van der Waals surface area contributed by atoms with E-state index in [9.17, 15) is 9.59 Å². The normalized spacial score (nSPS) is 20.1. The van der Waals surface area contributed by atoms with Crippen LogP contribution in [0.5, 0.6) is 0 Å². The van der Waals surface area contributed by atoms with Crippen LogP contribution in [0.25, 0.3) is 0 Å². The molecule has 3 N–H and O–H groups in total. The molecule has 0 aliphatic heterocycles. The lowest BCUT2D eigenvalue weighted by molar-refractivity contribution is -0.139. The Morgan fingerprint density at radius 1 is 1.48 bits per heavy atom. The molecule has 0 radical (unpaired) electrons. The Kier molecular flexibility index (Phi) is 6.35. The predicted molar refractivity (Wildman–Crippen MR) is 88.8 cm³/mol. The second-order valence-corrected chi connectivity index (χ2v) is 6.85. The number of aryl methyl sites for hydroxylation is 1. The van der Waals surface area contributed by atoms with Crippen molar-refractivity contribution in [1.82, 2.24) is 20.5 Å². The van der Waals surface area contributed by atoms with E-state index in [4.69, 9.17) is 5.11 Å². The van der Waals surface area contributed by atoms with Crippen LogP contribution in [0.2, 0.25) is 0 Å². The number of carbonyl (C=O) groups is 2. The molecule has 1 saturated carbocycles. The summed E-state index contributed by atoms with van der Waals surface area (Å²) in [5.41, 5.74) is 1.00. The van der Waals surface area contributed by atoms with Crippen molar-refractivity contribution < 1.29 is 14.7 Å². The molecular formula is C15H24N4O3S. The topological polar surface area (TPSA) is 94.6 Å². The zero-order valence-electron chi connectivity index (χ0n) is 13.5. The van der Waals surface area contributed by atoms with E-state index in [1.165, 1.54) is 0 Å². The van der Waals surface area contributed by atoms with Crippen molar-refractivity contribution in [2.75, 3.05) is 19.6 Å². The number of hydrogen-bond donors (Lipinski definition) is 3. The quantitative estimate of drug-likeness (QED) is 0.662. The maximum Gasteiger partial charge on any atom is 0.317 e. The molecule has 2 amide bonds. The van der Waals surface area contributed by atoms with Gasteiger partial charge in [0.15, 0.2) is 0 Å². The summed E-state index contributed by atoms with van der Waals surface area (Å²) >= 11 is 1.61. The van der Waals surface area contributed by atoms with Crippen LogP contribution in [0.15, 0.2) is 5.38 Å². The second-order valence-electron chi connectivity index (χ2n) is 5.79. The van der Waals surface area contributed by atoms with Crippen molar-refractivity contribution in [1.29, 1.82) is 0 Å². The Morgan fingerprint density at radius 3 is 2.78 bits per heavy atom. The average Bonchev–Trinajstić information content (AvgIpc) is 2.85. The summed E-state index contributed by atoms with van der Waals surface area (Å²) in [5.74, 6) is -0.807. The van der Waals surface area contributed by atoms with Crippen LogP contribution >= 0.6 is 11.3 Å². The van der Waals surface area contributed by atoms with E-state index in [0.29, 0.717) is 13.1 Å². The fraction of sp³-hybridized carbons (Fsp3) is 0.667. The van der Waals surface area contributed by atoms with E-state index in [0.717, 1.165) is 30.0 Å². The van der Waals surface area contributed by atoms with E-state index in [2.05, 4.69) is 15.6 Å². The second kappa shape index (κ2) is 8.26. The number of amides is 2. The van der Waals surface area contributed by atoms with Crippen LogP contribution in [-0.4, -0.2) is 58.7 Å². The summed E-state index contributed by atoms with van der Waals surface area (Å²) in [6, 6.07) is 0.213. The number of nitrogens with one attached hydrogen (secondary N) is 2. The van der Waals surface area contributed by atoms with Crippen molar-refractivity contribution in [2.45, 2.75) is 45.2 Å². The summed E-state index contributed by atoms with van der Waals surface area (Å²) in [4.78, 5) is 28.9. The predicted octanol–water partition coefficient (Wildman–Crippen LogP) is 1.23. The standard InChI is InChI=1S/C15H24N4O3S/c1-3-19(8-14(20)21)13-6-12(7-13)18-15(22)16-5-4-11-9-23-10(2)17-11/h9,12-13H,3-8H2,1-2H3,(H,20,21)(H2,16,18,22). The van der Waals surface area contributed by atoms with Gasteiger partial charge in [-0.3, -0.25) is 9.69 Å². The third-order valence-electron chi connectivity index (χ3n) is 4.04. The van der Waals surface area contributed by atoms with Gasteiger partial charge in [-0.05, 0) is 26.3 Å². The highest BCUT2D eigenvalue weighted by atomic mass is 32.1. The van der Waals surface area contributed by atoms with Crippen molar-refractivity contribution in [2.24, 2.45) is 0 Å². The molecule has 0 unspecified atom stereocenters. The highest BCUT2D eigenvalue weighted by Gasteiger charge is 2.34. The van der Waals surface area contributed by atoms with Crippen LogP contribution in [0.1, 0.15) is 30.5 Å². The zero-order valence-corrected chi connectivity index (χ0v) is 14.4. The SMILES string of the molecule is CCN(CC(=O)O)C1CC(NC(=O)NCCc2csc(C)n2)C1. The summed E-state index contributed by atoms with van der Waals surface area (Å²) in [5, 5.41) is 17.7. The van der Waals surface area contributed by atoms with Gasteiger partial charge >= 0.3 is 12.0 Å². The van der Waals surface area contributed by atoms with Gasteiger partial charge in [-0.1, -0.05) is 6.92 Å². The lowest BCUT2D eigenvalue weighted by atomic mass is 9.85. The van der Waals surface area contributed by atoms with Crippen molar-refractivity contribution in [3.05, 3.63) is 16.1 Å². The molecule has 1 aromatic rings. The summed E-state index contributed by atoms with van der Waals surface area (Å²) in [7, 11) is 0. The van der Waals surface area contributed by atoms with E-state index in [1.807, 2.05) is 24.1 Å². The number of aliphatic carboxylic acids is 1. The lowest BCUT2D eigenvalue weighted by Crippen LogP contribution is -2.56. The number of aromatic nitrogens is 1. The first-order chi connectivity index (χ1) is 11.0. The molecule has 2 rings (SSSR count). The van der Waals surface area contributed by atoms with Crippen LogP contribution in [0.4, 0.5) is 4.79 Å². The minimum atomic E-state index is -0.807. The summed E-state index contributed by atoms with van der Waals surface area (Å²) in [6.45, 7) is 5.25. The summed E-state index contributed by atoms with van der Waals surface area (Å²) < 4.78 is 0. The smallest absolute Gasteiger partial charge is 0.317 e. The summed E-state index contributed by atoms with van der Waals surface area (Å²) in [6.07, 6.45) is 2.34. The van der Waals surface area contributed by atoms with E-state index >= 15 is 0 Å². The largest absolute Gasteiger partial charge is 0.480 e. The monoisotopic (exact) mass is 340 g/mol. The van der Waals surface area contributed by atoms with Gasteiger partial charge in [0, 0.05) is 30.4 Å². The minimum absolute atomic E-state index is 0.0626. The molecule has 1 heterocycles. The van der Waals surface area contributed by atoms with Gasteiger partial charge in [-0.2, -0.15) is 0 Å². The molecule has 0 atom stereocenters. The Hall–Kier alpha value is -1.67. The number of carboxylic acid groups (broad SMARTS) is 1. The average molecular weight is 340 g/mol. The van der Waals surface area contributed by atoms with E-state index in [1.54, 1.807) is 11.3 Å². The number of carboxylic acids is 1. The minimum Gasteiger partial charge on any atom is -0.480 e. The third kappa shape index (κ3) is 5.47. The molecule has 23 heavy (non-hydrogen) atoms. The Balaban J connectivity index is 1.61. The number of likely N-dealkylation sites (N-methyl/N-ethyl adjacent to an activating group) is 1. The molecule has 0 spiro atoms. The number of rotatable bonds is 8. The fourth-order valence-electron chi connectivity index (χ4n) is 2.74. The van der Waals surface area contributed by atoms with Gasteiger partial charge in [-0.15, -0.1) is 11.3 Å². The number of urea groups is 1. The zero-order chi connectivity index (χ0) is 16.8. The number of carbonyl (C=O) groups excluding carboxylic acids is 1. The van der Waals surface area contributed by atoms with Crippen LogP contribution < -0.4 is 10.6 Å². The third-order valence-corrected chi connectivity index (χ3v) is 4.86. The Labute approximate surface area is 140 Å². The maximum atomic E-state index is 11.8. The maximum absolute atomic E-state index is 11.8.